The molecule has 0 spiro atoms. The number of aromatic nitrogens is 2. The number of ether oxygens (including phenoxy) is 1. The van der Waals surface area contributed by atoms with Gasteiger partial charge in [-0.2, -0.15) is 4.98 Å². The van der Waals surface area contributed by atoms with E-state index in [-0.39, 0.29) is 0 Å². The third-order valence-electron chi connectivity index (χ3n) is 3.12. The lowest BCUT2D eigenvalue weighted by atomic mass is 10.1. The van der Waals surface area contributed by atoms with Gasteiger partial charge in [-0.25, -0.2) is 10.8 Å². The minimum atomic E-state index is 0.612. The van der Waals surface area contributed by atoms with Gasteiger partial charge in [0, 0.05) is 12.5 Å². The third-order valence-corrected chi connectivity index (χ3v) is 3.12. The Morgan fingerprint density at radius 2 is 1.80 bits per heavy atom. The Hall–Kier alpha value is -1.36. The van der Waals surface area contributed by atoms with Gasteiger partial charge in [0.1, 0.15) is 11.6 Å². The molecule has 1 heterocycles. The zero-order valence-corrected chi connectivity index (χ0v) is 12.8. The van der Waals surface area contributed by atoms with E-state index in [9.17, 15) is 0 Å². The van der Waals surface area contributed by atoms with Crippen LogP contribution in [0, 0.1) is 0 Å². The summed E-state index contributed by atoms with van der Waals surface area (Å²) >= 11 is 0. The molecule has 0 amide bonds. The van der Waals surface area contributed by atoms with Crippen LogP contribution in [0.3, 0.4) is 0 Å². The molecule has 1 aromatic rings. The molecule has 1 rings (SSSR count). The zero-order chi connectivity index (χ0) is 14.6. The van der Waals surface area contributed by atoms with Gasteiger partial charge in [-0.05, 0) is 12.8 Å². The van der Waals surface area contributed by atoms with Crippen LogP contribution in [0.25, 0.3) is 0 Å². The molecular formula is C15H28N4O. The van der Waals surface area contributed by atoms with Crippen molar-refractivity contribution in [3.63, 3.8) is 0 Å². The summed E-state index contributed by atoms with van der Waals surface area (Å²) in [5.41, 5.74) is 2.56. The van der Waals surface area contributed by atoms with Crippen molar-refractivity contribution in [2.24, 2.45) is 5.84 Å². The van der Waals surface area contributed by atoms with E-state index in [0.717, 1.165) is 25.1 Å². The molecule has 0 aromatic carbocycles. The first kappa shape index (κ1) is 16.7. The highest BCUT2D eigenvalue weighted by Gasteiger charge is 2.04. The van der Waals surface area contributed by atoms with Crippen molar-refractivity contribution in [3.05, 3.63) is 11.9 Å². The van der Waals surface area contributed by atoms with Crippen LogP contribution in [-0.2, 0) is 6.42 Å². The molecule has 3 N–H and O–H groups in total. The van der Waals surface area contributed by atoms with Crippen LogP contribution in [-0.4, -0.2) is 16.6 Å². The average Bonchev–Trinajstić information content (AvgIpc) is 2.46. The van der Waals surface area contributed by atoms with Gasteiger partial charge >= 0.3 is 0 Å². The number of nitrogens with zero attached hydrogens (tertiary/aromatic N) is 2. The van der Waals surface area contributed by atoms with Gasteiger partial charge in [-0.15, -0.1) is 0 Å². The van der Waals surface area contributed by atoms with Gasteiger partial charge < -0.3 is 10.2 Å². The number of nitrogens with one attached hydrogen (secondary N) is 1. The summed E-state index contributed by atoms with van der Waals surface area (Å²) in [7, 11) is 0. The zero-order valence-electron chi connectivity index (χ0n) is 12.8. The summed E-state index contributed by atoms with van der Waals surface area (Å²) in [4.78, 5) is 8.68. The van der Waals surface area contributed by atoms with Crippen molar-refractivity contribution in [2.75, 3.05) is 12.0 Å². The molecule has 0 unspecified atom stereocenters. The van der Waals surface area contributed by atoms with Gasteiger partial charge in [0.2, 0.25) is 5.88 Å². The van der Waals surface area contributed by atoms with Crippen LogP contribution in [0.5, 0.6) is 5.88 Å². The molecule has 0 radical (unpaired) electrons. The lowest BCUT2D eigenvalue weighted by Gasteiger charge is -2.09. The molecule has 0 saturated carbocycles. The maximum Gasteiger partial charge on any atom is 0.218 e. The first-order chi connectivity index (χ1) is 9.80. The second kappa shape index (κ2) is 10.4. The second-order valence-corrected chi connectivity index (χ2v) is 5.02. The summed E-state index contributed by atoms with van der Waals surface area (Å²) in [6.45, 7) is 5.04. The topological polar surface area (TPSA) is 73.1 Å². The predicted octanol–water partition coefficient (Wildman–Crippen LogP) is 3.45. The fourth-order valence-electron chi connectivity index (χ4n) is 2.02. The number of aryl methyl sites for hydroxylation is 1. The molecule has 0 atom stereocenters. The lowest BCUT2D eigenvalue weighted by molar-refractivity contribution is 0.292. The van der Waals surface area contributed by atoms with Gasteiger partial charge in [0.05, 0.1) is 6.61 Å². The highest BCUT2D eigenvalue weighted by atomic mass is 16.5. The molecule has 20 heavy (non-hydrogen) atoms. The minimum Gasteiger partial charge on any atom is -0.478 e. The maximum atomic E-state index is 5.70. The molecule has 5 heteroatoms. The van der Waals surface area contributed by atoms with Crippen molar-refractivity contribution in [1.82, 2.24) is 9.97 Å². The lowest BCUT2D eigenvalue weighted by Crippen LogP contribution is -2.11. The van der Waals surface area contributed by atoms with Crippen molar-refractivity contribution in [3.8, 4) is 5.88 Å². The SMILES string of the molecule is CCCCCCCCOc1cc(NN)nc(CCC)n1. The van der Waals surface area contributed by atoms with Crippen LogP contribution < -0.4 is 16.0 Å². The Kier molecular flexibility index (Phi) is 8.71. The largest absolute Gasteiger partial charge is 0.478 e. The number of hydrogen-bond acceptors (Lipinski definition) is 5. The van der Waals surface area contributed by atoms with Crippen molar-refractivity contribution in [2.45, 2.75) is 65.2 Å². The molecular weight excluding hydrogens is 252 g/mol. The van der Waals surface area contributed by atoms with Crippen LogP contribution in [0.4, 0.5) is 5.82 Å². The molecule has 0 saturated heterocycles. The molecule has 0 bridgehead atoms. The number of unbranched alkanes of at least 4 members (excludes halogenated alkanes) is 5. The summed E-state index contributed by atoms with van der Waals surface area (Å²) in [6.07, 6.45) is 9.36. The molecule has 0 aliphatic heterocycles. The van der Waals surface area contributed by atoms with Crippen LogP contribution in [0.2, 0.25) is 0 Å². The monoisotopic (exact) mass is 280 g/mol. The number of nitrogens with two attached hydrogens (primary N) is 1. The van der Waals surface area contributed by atoms with E-state index in [1.165, 1.54) is 32.1 Å². The van der Waals surface area contributed by atoms with Crippen LogP contribution in [0.1, 0.15) is 64.6 Å². The van der Waals surface area contributed by atoms with Crippen molar-refractivity contribution in [1.29, 1.82) is 0 Å². The maximum absolute atomic E-state index is 5.70. The van der Waals surface area contributed by atoms with Crippen molar-refractivity contribution < 1.29 is 4.74 Å². The van der Waals surface area contributed by atoms with E-state index in [2.05, 4.69) is 29.2 Å². The number of hydrazine groups is 1. The molecule has 0 aliphatic rings. The predicted molar refractivity (Wildman–Crippen MR) is 82.7 cm³/mol. The molecule has 1 aromatic heterocycles. The fourth-order valence-corrected chi connectivity index (χ4v) is 2.02. The molecule has 114 valence electrons. The van der Waals surface area contributed by atoms with E-state index in [0.29, 0.717) is 18.3 Å². The Balaban J connectivity index is 2.33. The molecule has 0 fully saturated rings. The minimum absolute atomic E-state index is 0.612. The smallest absolute Gasteiger partial charge is 0.218 e. The third kappa shape index (κ3) is 6.70. The number of rotatable bonds is 11. The van der Waals surface area contributed by atoms with Gasteiger partial charge in [-0.3, -0.25) is 0 Å². The Morgan fingerprint density at radius 1 is 1.05 bits per heavy atom. The number of hydrogen-bond donors (Lipinski definition) is 2. The highest BCUT2D eigenvalue weighted by Crippen LogP contribution is 2.14. The van der Waals surface area contributed by atoms with Crippen LogP contribution >= 0.6 is 0 Å². The Bertz CT molecular complexity index is 371. The van der Waals surface area contributed by atoms with E-state index >= 15 is 0 Å². The highest BCUT2D eigenvalue weighted by molar-refractivity contribution is 5.36. The Labute approximate surface area is 122 Å². The first-order valence-electron chi connectivity index (χ1n) is 7.77. The molecule has 5 nitrogen and oxygen atoms in total. The van der Waals surface area contributed by atoms with Gasteiger partial charge in [0.25, 0.3) is 0 Å². The van der Waals surface area contributed by atoms with Gasteiger partial charge in [-0.1, -0.05) is 46.0 Å². The normalized spacial score (nSPS) is 10.6. The fraction of sp³-hybridized carbons (Fsp3) is 0.733. The summed E-state index contributed by atoms with van der Waals surface area (Å²) in [6, 6.07) is 1.75. The average molecular weight is 280 g/mol. The van der Waals surface area contributed by atoms with E-state index in [1.54, 1.807) is 6.07 Å². The number of nitrogen functional groups attached to an aromatic ring is 1. The summed E-state index contributed by atoms with van der Waals surface area (Å²) < 4.78 is 5.70. The molecule has 0 aliphatic carbocycles. The van der Waals surface area contributed by atoms with E-state index in [4.69, 9.17) is 10.6 Å². The van der Waals surface area contributed by atoms with E-state index in [1.807, 2.05) is 0 Å². The number of anilines is 1. The van der Waals surface area contributed by atoms with Crippen molar-refractivity contribution >= 4 is 5.82 Å². The second-order valence-electron chi connectivity index (χ2n) is 5.02. The quantitative estimate of drug-likeness (QED) is 0.369. The van der Waals surface area contributed by atoms with Crippen LogP contribution in [0.15, 0.2) is 6.07 Å². The van der Waals surface area contributed by atoms with Gasteiger partial charge in [0.15, 0.2) is 0 Å². The summed E-state index contributed by atoms with van der Waals surface area (Å²) in [5.74, 6) is 7.42. The summed E-state index contributed by atoms with van der Waals surface area (Å²) in [5, 5.41) is 0. The van der Waals surface area contributed by atoms with E-state index < -0.39 is 0 Å². The Morgan fingerprint density at radius 3 is 2.50 bits per heavy atom. The first-order valence-corrected chi connectivity index (χ1v) is 7.77. The standard InChI is InChI=1S/C15H28N4O/c1-3-5-6-7-8-9-11-20-15-12-14(19-16)17-13(18-15)10-4-2/h12H,3-11,16H2,1-2H3,(H,17,18,19).